The van der Waals surface area contributed by atoms with E-state index in [2.05, 4.69) is 59.2 Å². The number of allylic oxidation sites excluding steroid dienone is 7. The molecule has 188 valence electrons. The first-order valence-electron chi connectivity index (χ1n) is 12.0. The Bertz CT molecular complexity index is 1070. The summed E-state index contributed by atoms with van der Waals surface area (Å²) in [6, 6.07) is 21.0. The van der Waals surface area contributed by atoms with Crippen LogP contribution in [0.2, 0.25) is 0 Å². The van der Waals surface area contributed by atoms with E-state index < -0.39 is 0 Å². The number of hydrogen-bond acceptors (Lipinski definition) is 3. The summed E-state index contributed by atoms with van der Waals surface area (Å²) in [6.45, 7) is 12.8. The number of rotatable bonds is 6. The number of benzene rings is 3. The second kappa shape index (κ2) is 18.7. The zero-order valence-electron chi connectivity index (χ0n) is 21.5. The van der Waals surface area contributed by atoms with E-state index in [1.165, 1.54) is 15.9 Å². The summed E-state index contributed by atoms with van der Waals surface area (Å²) in [5, 5.41) is 32.9. The average molecular weight is 526 g/mol. The molecule has 0 atom stereocenters. The van der Waals surface area contributed by atoms with Crippen molar-refractivity contribution in [3.05, 3.63) is 149 Å². The van der Waals surface area contributed by atoms with E-state index in [4.69, 9.17) is 0 Å². The van der Waals surface area contributed by atoms with Gasteiger partial charge in [-0.25, -0.2) is 0 Å². The Morgan fingerprint density at radius 2 is 0.973 bits per heavy atom. The summed E-state index contributed by atoms with van der Waals surface area (Å²) in [4.78, 5) is 0. The molecule has 0 amide bonds. The van der Waals surface area contributed by atoms with Gasteiger partial charge in [0.15, 0.2) is 0 Å². The third-order valence-electron chi connectivity index (χ3n) is 5.18. The fourth-order valence-corrected chi connectivity index (χ4v) is 3.41. The maximum absolute atomic E-state index is 11.0. The summed E-state index contributed by atoms with van der Waals surface area (Å²) in [5.41, 5.74) is 3.90. The molecule has 0 radical (unpaired) electrons. The van der Waals surface area contributed by atoms with Gasteiger partial charge in [-0.3, -0.25) is 0 Å². The molecule has 0 fully saturated rings. The average Bonchev–Trinajstić information content (AvgIpc) is 3.27. The van der Waals surface area contributed by atoms with Crippen molar-refractivity contribution >= 4 is 0 Å². The Morgan fingerprint density at radius 1 is 0.649 bits per heavy atom. The summed E-state index contributed by atoms with van der Waals surface area (Å²) >= 11 is 2.18. The fraction of sp³-hybridized carbons (Fsp3) is 0.152. The molecule has 3 aromatic carbocycles. The molecule has 0 saturated carbocycles. The number of hydrogen-bond donors (Lipinski definition) is 0. The molecule has 4 heteroatoms. The Morgan fingerprint density at radius 3 is 1.16 bits per heavy atom. The predicted molar refractivity (Wildman–Crippen MR) is 146 cm³/mol. The van der Waals surface area contributed by atoms with Crippen molar-refractivity contribution in [3.8, 4) is 17.2 Å². The van der Waals surface area contributed by atoms with Gasteiger partial charge in [-0.15, -0.1) is 37.0 Å². The molecule has 0 heterocycles. The second-order valence-electron chi connectivity index (χ2n) is 8.07. The van der Waals surface area contributed by atoms with Gasteiger partial charge >= 0.3 is 55.4 Å². The maximum atomic E-state index is 11.0. The van der Waals surface area contributed by atoms with Crippen LogP contribution < -0.4 is 15.3 Å². The molecule has 1 aliphatic rings. The van der Waals surface area contributed by atoms with Crippen molar-refractivity contribution in [1.29, 1.82) is 0 Å². The summed E-state index contributed by atoms with van der Waals surface area (Å²) in [5.74, 6) is 0.298. The standard InChI is InChI=1S/3C9H10O.C6H7.Ti/c3*1-2-5-8-6-3-4-7-9(8)10;1-6-4-2-3-5-6;/h3*2-4,6-7,10H,1,5H2;2,4H,3H2,1H3;/q;;;;+3/p-3. The third kappa shape index (κ3) is 12.8. The van der Waals surface area contributed by atoms with Gasteiger partial charge in [0.25, 0.3) is 0 Å². The Labute approximate surface area is 233 Å². The van der Waals surface area contributed by atoms with Crippen LogP contribution in [0.5, 0.6) is 17.2 Å². The van der Waals surface area contributed by atoms with Gasteiger partial charge in [-0.1, -0.05) is 108 Å². The summed E-state index contributed by atoms with van der Waals surface area (Å²) in [7, 11) is 0. The van der Waals surface area contributed by atoms with Crippen molar-refractivity contribution in [3.63, 3.8) is 0 Å². The Kier molecular flexibility index (Phi) is 15.9. The molecule has 0 bridgehead atoms. The molecule has 0 aromatic heterocycles. The Hall–Kier alpha value is -3.53. The van der Waals surface area contributed by atoms with Crippen LogP contribution in [0.4, 0.5) is 0 Å². The van der Waals surface area contributed by atoms with Crippen LogP contribution in [0.3, 0.4) is 0 Å². The summed E-state index contributed by atoms with van der Waals surface area (Å²) in [6.07, 6.45) is 12.7. The molecular weight excluding hydrogens is 492 g/mol. The summed E-state index contributed by atoms with van der Waals surface area (Å²) < 4.78 is 1.51. The molecule has 1 aliphatic carbocycles. The van der Waals surface area contributed by atoms with Gasteiger partial charge < -0.3 is 15.3 Å². The van der Waals surface area contributed by atoms with E-state index in [0.29, 0.717) is 19.3 Å². The topological polar surface area (TPSA) is 69.2 Å². The van der Waals surface area contributed by atoms with Crippen LogP contribution in [0.15, 0.2) is 132 Å². The van der Waals surface area contributed by atoms with Crippen molar-refractivity contribution < 1.29 is 35.8 Å². The van der Waals surface area contributed by atoms with E-state index in [1.54, 1.807) is 54.6 Å². The monoisotopic (exact) mass is 526 g/mol. The molecular formula is C33H34O3Ti. The second-order valence-corrected chi connectivity index (χ2v) is 9.01. The SMILES string of the molecule is C=CCc1ccccc1[O-].C=CCc1ccccc1[O-].C=CCc1ccccc1[O-].CC1=[C]([Ti+3])CC=C1. The van der Waals surface area contributed by atoms with Crippen molar-refractivity contribution in [2.24, 2.45) is 0 Å². The molecule has 0 saturated heterocycles. The van der Waals surface area contributed by atoms with Crippen molar-refractivity contribution in [2.75, 3.05) is 0 Å². The van der Waals surface area contributed by atoms with E-state index in [9.17, 15) is 15.3 Å². The molecule has 0 aliphatic heterocycles. The quantitative estimate of drug-likeness (QED) is 0.282. The van der Waals surface area contributed by atoms with Crippen LogP contribution >= 0.6 is 0 Å². The molecule has 3 nitrogen and oxygen atoms in total. The zero-order chi connectivity index (χ0) is 27.5. The van der Waals surface area contributed by atoms with E-state index in [0.717, 1.165) is 16.7 Å². The first kappa shape index (κ1) is 31.5. The van der Waals surface area contributed by atoms with Gasteiger partial charge in [0, 0.05) is 0 Å². The van der Waals surface area contributed by atoms with Gasteiger partial charge in [0.05, 0.1) is 0 Å². The minimum absolute atomic E-state index is 0.0994. The van der Waals surface area contributed by atoms with Crippen molar-refractivity contribution in [2.45, 2.75) is 32.6 Å². The van der Waals surface area contributed by atoms with Crippen LogP contribution in [0, 0.1) is 0 Å². The van der Waals surface area contributed by atoms with Crippen LogP contribution in [-0.2, 0) is 39.7 Å². The molecule has 4 rings (SSSR count). The Balaban J connectivity index is 0.000000249. The molecule has 0 spiro atoms. The zero-order valence-corrected chi connectivity index (χ0v) is 23.1. The molecule has 0 unspecified atom stereocenters. The number of para-hydroxylation sites is 3. The van der Waals surface area contributed by atoms with Crippen molar-refractivity contribution in [1.82, 2.24) is 0 Å². The molecule has 3 aromatic rings. The van der Waals surface area contributed by atoms with Crippen LogP contribution in [0.25, 0.3) is 0 Å². The van der Waals surface area contributed by atoms with E-state index in [-0.39, 0.29) is 17.2 Å². The minimum atomic E-state index is 0.0994. The van der Waals surface area contributed by atoms with Gasteiger partial charge in [-0.05, 0) is 19.3 Å². The van der Waals surface area contributed by atoms with E-state index >= 15 is 0 Å². The van der Waals surface area contributed by atoms with Gasteiger partial charge in [0.2, 0.25) is 0 Å². The molecule has 37 heavy (non-hydrogen) atoms. The molecule has 0 N–H and O–H groups in total. The first-order valence-corrected chi connectivity index (χ1v) is 12.8. The van der Waals surface area contributed by atoms with Gasteiger partial charge in [-0.2, -0.15) is 0 Å². The normalized spacial score (nSPS) is 11.1. The first-order chi connectivity index (χ1) is 17.8. The van der Waals surface area contributed by atoms with Crippen LogP contribution in [0.1, 0.15) is 30.0 Å². The van der Waals surface area contributed by atoms with E-state index in [1.807, 2.05) is 36.4 Å². The third-order valence-corrected chi connectivity index (χ3v) is 6.11. The fourth-order valence-electron chi connectivity index (χ4n) is 3.10. The van der Waals surface area contributed by atoms with Gasteiger partial charge in [0.1, 0.15) is 0 Å². The van der Waals surface area contributed by atoms with Crippen LogP contribution in [-0.4, -0.2) is 0 Å². The predicted octanol–water partition coefficient (Wildman–Crippen LogP) is 6.23.